The third-order valence-electron chi connectivity index (χ3n) is 3.17. The van der Waals surface area contributed by atoms with Crippen molar-refractivity contribution in [2.24, 2.45) is 0 Å². The van der Waals surface area contributed by atoms with Crippen LogP contribution < -0.4 is 5.32 Å². The van der Waals surface area contributed by atoms with Crippen molar-refractivity contribution in [3.8, 4) is 0 Å². The Kier molecular flexibility index (Phi) is 6.11. The first kappa shape index (κ1) is 17.0. The number of pyridine rings is 1. The molecule has 0 saturated heterocycles. The van der Waals surface area contributed by atoms with Crippen LogP contribution in [0.2, 0.25) is 0 Å². The number of benzene rings is 1. The van der Waals surface area contributed by atoms with Gasteiger partial charge in [-0.05, 0) is 24.6 Å². The summed E-state index contributed by atoms with van der Waals surface area (Å²) in [6, 6.07) is 12.1. The van der Waals surface area contributed by atoms with E-state index in [1.54, 1.807) is 6.92 Å². The maximum atomic E-state index is 12.2. The van der Waals surface area contributed by atoms with Crippen molar-refractivity contribution in [1.82, 2.24) is 10.3 Å². The molecule has 1 amide bonds. The van der Waals surface area contributed by atoms with Gasteiger partial charge in [0.25, 0.3) is 5.91 Å². The molecule has 1 N–H and O–H groups in total. The molecule has 0 bridgehead atoms. The largest absolute Gasteiger partial charge is 0.462 e. The summed E-state index contributed by atoms with van der Waals surface area (Å²) in [5.74, 6) is -0.568. The second-order valence-electron chi connectivity index (χ2n) is 4.74. The van der Waals surface area contributed by atoms with Crippen LogP contribution in [0, 0.1) is 0 Å². The van der Waals surface area contributed by atoms with E-state index in [1.807, 2.05) is 30.3 Å². The third kappa shape index (κ3) is 4.53. The summed E-state index contributed by atoms with van der Waals surface area (Å²) in [6.07, 6.45) is 1.32. The molecule has 1 atom stereocenters. The lowest BCUT2D eigenvalue weighted by Gasteiger charge is -2.16. The number of halogens is 1. The van der Waals surface area contributed by atoms with Gasteiger partial charge in [0, 0.05) is 12.1 Å². The highest BCUT2D eigenvalue weighted by Gasteiger charge is 2.16. The molecule has 5 nitrogen and oxygen atoms in total. The standard InChI is InChI=1S/C17H17ClN2O3/c1-2-23-17(22)13-8-9-14(19-11-13)16(21)20-15(10-18)12-6-4-3-5-7-12/h3-9,11,15H,2,10H2,1H3,(H,20,21)/t15-/m0/s1. The van der Waals surface area contributed by atoms with Gasteiger partial charge in [-0.2, -0.15) is 0 Å². The third-order valence-corrected chi connectivity index (χ3v) is 3.48. The molecular weight excluding hydrogens is 316 g/mol. The number of nitrogens with one attached hydrogen (secondary N) is 1. The highest BCUT2D eigenvalue weighted by Crippen LogP contribution is 2.15. The van der Waals surface area contributed by atoms with Gasteiger partial charge in [0.2, 0.25) is 0 Å². The highest BCUT2D eigenvalue weighted by atomic mass is 35.5. The molecule has 2 aromatic rings. The molecule has 1 heterocycles. The lowest BCUT2D eigenvalue weighted by molar-refractivity contribution is 0.0525. The average Bonchev–Trinajstić information content (AvgIpc) is 2.60. The van der Waals surface area contributed by atoms with Crippen LogP contribution in [-0.4, -0.2) is 29.3 Å². The summed E-state index contributed by atoms with van der Waals surface area (Å²) in [5.41, 5.74) is 1.43. The van der Waals surface area contributed by atoms with Crippen molar-refractivity contribution in [1.29, 1.82) is 0 Å². The van der Waals surface area contributed by atoms with Gasteiger partial charge in [0.05, 0.1) is 18.2 Å². The van der Waals surface area contributed by atoms with Crippen LogP contribution in [0.25, 0.3) is 0 Å². The molecule has 6 heteroatoms. The Labute approximate surface area is 139 Å². The minimum Gasteiger partial charge on any atom is -0.462 e. The number of carbonyl (C=O) groups is 2. The van der Waals surface area contributed by atoms with Gasteiger partial charge in [-0.25, -0.2) is 4.79 Å². The van der Waals surface area contributed by atoms with Crippen molar-refractivity contribution >= 4 is 23.5 Å². The molecule has 0 aliphatic rings. The SMILES string of the molecule is CCOC(=O)c1ccc(C(=O)N[C@@H](CCl)c2ccccc2)nc1. The molecule has 2 rings (SSSR count). The van der Waals surface area contributed by atoms with Gasteiger partial charge in [0.1, 0.15) is 5.69 Å². The predicted octanol–water partition coefficient (Wildman–Crippen LogP) is 2.97. The number of esters is 1. The minimum absolute atomic E-state index is 0.212. The van der Waals surface area contributed by atoms with Gasteiger partial charge in [-0.3, -0.25) is 9.78 Å². The Morgan fingerprint density at radius 1 is 1.22 bits per heavy atom. The van der Waals surface area contributed by atoms with Crippen molar-refractivity contribution < 1.29 is 14.3 Å². The van der Waals surface area contributed by atoms with Crippen LogP contribution in [0.3, 0.4) is 0 Å². The molecule has 0 aliphatic heterocycles. The Morgan fingerprint density at radius 3 is 2.52 bits per heavy atom. The quantitative estimate of drug-likeness (QED) is 0.652. The summed E-state index contributed by atoms with van der Waals surface area (Å²) in [7, 11) is 0. The van der Waals surface area contributed by atoms with E-state index < -0.39 is 5.97 Å². The zero-order valence-corrected chi connectivity index (χ0v) is 13.4. The fourth-order valence-electron chi connectivity index (χ4n) is 1.99. The van der Waals surface area contributed by atoms with E-state index in [9.17, 15) is 9.59 Å². The van der Waals surface area contributed by atoms with E-state index >= 15 is 0 Å². The zero-order valence-electron chi connectivity index (χ0n) is 12.7. The Morgan fingerprint density at radius 2 is 1.96 bits per heavy atom. The number of rotatable bonds is 6. The maximum absolute atomic E-state index is 12.2. The van der Waals surface area contributed by atoms with E-state index in [0.29, 0.717) is 5.56 Å². The average molecular weight is 333 g/mol. The summed E-state index contributed by atoms with van der Waals surface area (Å²) < 4.78 is 4.87. The summed E-state index contributed by atoms with van der Waals surface area (Å²) in [4.78, 5) is 27.8. The van der Waals surface area contributed by atoms with Gasteiger partial charge in [0.15, 0.2) is 0 Å². The molecule has 1 aromatic heterocycles. The number of aromatic nitrogens is 1. The first-order valence-corrected chi connectivity index (χ1v) is 7.74. The zero-order chi connectivity index (χ0) is 16.7. The van der Waals surface area contributed by atoms with Crippen molar-refractivity contribution in [2.75, 3.05) is 12.5 Å². The van der Waals surface area contributed by atoms with Crippen LogP contribution >= 0.6 is 11.6 Å². The van der Waals surface area contributed by atoms with E-state index in [0.717, 1.165) is 5.56 Å². The number of alkyl halides is 1. The molecule has 0 radical (unpaired) electrons. The fourth-order valence-corrected chi connectivity index (χ4v) is 2.25. The Bertz CT molecular complexity index is 659. The first-order chi connectivity index (χ1) is 11.2. The second-order valence-corrected chi connectivity index (χ2v) is 5.05. The van der Waals surface area contributed by atoms with Crippen LogP contribution in [0.5, 0.6) is 0 Å². The minimum atomic E-state index is -0.463. The van der Waals surface area contributed by atoms with E-state index in [4.69, 9.17) is 16.3 Å². The number of hydrogen-bond acceptors (Lipinski definition) is 4. The Hall–Kier alpha value is -2.40. The summed E-state index contributed by atoms with van der Waals surface area (Å²) in [6.45, 7) is 2.01. The van der Waals surface area contributed by atoms with E-state index in [-0.39, 0.29) is 30.1 Å². The van der Waals surface area contributed by atoms with E-state index in [1.165, 1.54) is 18.3 Å². The van der Waals surface area contributed by atoms with Crippen molar-refractivity contribution in [2.45, 2.75) is 13.0 Å². The number of ether oxygens (including phenoxy) is 1. The van der Waals surface area contributed by atoms with Crippen molar-refractivity contribution in [3.63, 3.8) is 0 Å². The van der Waals surface area contributed by atoms with Crippen molar-refractivity contribution in [3.05, 3.63) is 65.5 Å². The van der Waals surface area contributed by atoms with Crippen LogP contribution in [0.15, 0.2) is 48.7 Å². The predicted molar refractivity (Wildman–Crippen MR) is 87.6 cm³/mol. The molecule has 0 fully saturated rings. The van der Waals surface area contributed by atoms with Gasteiger partial charge >= 0.3 is 5.97 Å². The molecule has 0 unspecified atom stereocenters. The molecule has 0 aliphatic carbocycles. The summed E-state index contributed by atoms with van der Waals surface area (Å²) >= 11 is 5.94. The molecule has 1 aromatic carbocycles. The van der Waals surface area contributed by atoms with Crippen LogP contribution in [-0.2, 0) is 4.74 Å². The summed E-state index contributed by atoms with van der Waals surface area (Å²) in [5, 5.41) is 2.82. The number of nitrogens with zero attached hydrogens (tertiary/aromatic N) is 1. The number of hydrogen-bond donors (Lipinski definition) is 1. The molecule has 23 heavy (non-hydrogen) atoms. The first-order valence-electron chi connectivity index (χ1n) is 7.20. The number of carbonyl (C=O) groups excluding carboxylic acids is 2. The maximum Gasteiger partial charge on any atom is 0.339 e. The lowest BCUT2D eigenvalue weighted by Crippen LogP contribution is -2.30. The number of amides is 1. The normalized spacial score (nSPS) is 11.6. The van der Waals surface area contributed by atoms with Gasteiger partial charge < -0.3 is 10.1 Å². The second kappa shape index (κ2) is 8.29. The van der Waals surface area contributed by atoms with Gasteiger partial charge in [-0.1, -0.05) is 30.3 Å². The monoisotopic (exact) mass is 332 g/mol. The van der Waals surface area contributed by atoms with E-state index in [2.05, 4.69) is 10.3 Å². The van der Waals surface area contributed by atoms with Crippen LogP contribution in [0.4, 0.5) is 0 Å². The smallest absolute Gasteiger partial charge is 0.339 e. The highest BCUT2D eigenvalue weighted by molar-refractivity contribution is 6.18. The topological polar surface area (TPSA) is 68.3 Å². The van der Waals surface area contributed by atoms with Crippen LogP contribution in [0.1, 0.15) is 39.4 Å². The fraction of sp³-hybridized carbons (Fsp3) is 0.235. The van der Waals surface area contributed by atoms with Gasteiger partial charge in [-0.15, -0.1) is 11.6 Å². The lowest BCUT2D eigenvalue weighted by atomic mass is 10.1. The molecule has 0 spiro atoms. The molecule has 0 saturated carbocycles. The Balaban J connectivity index is 2.06. The molecule has 120 valence electrons. The molecular formula is C17H17ClN2O3.